The molecular weight excluding hydrogens is 360 g/mol. The molecule has 0 spiro atoms. The van der Waals surface area contributed by atoms with Crippen molar-refractivity contribution in [3.8, 4) is 11.3 Å². The number of carboxylic acid groups (broad SMARTS) is 1. The van der Waals surface area contributed by atoms with Gasteiger partial charge in [0.25, 0.3) is 0 Å². The Balaban J connectivity index is 1.57. The van der Waals surface area contributed by atoms with Gasteiger partial charge in [-0.1, -0.05) is 24.3 Å². The van der Waals surface area contributed by atoms with Crippen LogP contribution in [0.5, 0.6) is 0 Å². The molecule has 1 aromatic carbocycles. The summed E-state index contributed by atoms with van der Waals surface area (Å²) in [6.07, 6.45) is 4.68. The van der Waals surface area contributed by atoms with E-state index >= 15 is 0 Å². The number of fused-ring (bicyclic) bond motifs is 2. The van der Waals surface area contributed by atoms with Crippen LogP contribution in [0.15, 0.2) is 30.4 Å². The lowest BCUT2D eigenvalue weighted by Gasteiger charge is -2.23. The van der Waals surface area contributed by atoms with Gasteiger partial charge in [-0.15, -0.1) is 11.3 Å². The lowest BCUT2D eigenvalue weighted by Crippen LogP contribution is -2.36. The number of aliphatic carboxylic acids is 1. The van der Waals surface area contributed by atoms with E-state index in [-0.39, 0.29) is 17.7 Å². The maximum absolute atomic E-state index is 12.8. The van der Waals surface area contributed by atoms with Crippen molar-refractivity contribution >= 4 is 28.3 Å². The Morgan fingerprint density at radius 1 is 1.11 bits per heavy atom. The molecule has 1 aromatic heterocycles. The van der Waals surface area contributed by atoms with E-state index in [1.807, 2.05) is 25.1 Å². The highest BCUT2D eigenvalue weighted by molar-refractivity contribution is 7.16. The van der Waals surface area contributed by atoms with Crippen molar-refractivity contribution in [2.24, 2.45) is 23.7 Å². The summed E-state index contributed by atoms with van der Waals surface area (Å²) in [5, 5.41) is 13.0. The van der Waals surface area contributed by atoms with Crippen LogP contribution in [0, 0.1) is 44.4 Å². The molecule has 1 amide bonds. The lowest BCUT2D eigenvalue weighted by atomic mass is 9.82. The van der Waals surface area contributed by atoms with E-state index < -0.39 is 17.8 Å². The Bertz CT molecular complexity index is 962. The maximum atomic E-state index is 12.8. The van der Waals surface area contributed by atoms with Crippen LogP contribution in [-0.2, 0) is 9.59 Å². The smallest absolute Gasteiger partial charge is 0.307 e. The molecule has 0 saturated heterocycles. The Morgan fingerprint density at radius 3 is 2.48 bits per heavy atom. The second-order valence-corrected chi connectivity index (χ2v) is 8.75. The normalized spacial score (nSPS) is 25.7. The minimum Gasteiger partial charge on any atom is -0.481 e. The van der Waals surface area contributed by atoms with Crippen molar-refractivity contribution in [3.05, 3.63) is 46.4 Å². The number of carboxylic acids is 1. The summed E-state index contributed by atoms with van der Waals surface area (Å²) in [7, 11) is 0. The Hall–Kier alpha value is -2.47. The molecule has 0 aliphatic heterocycles. The van der Waals surface area contributed by atoms with E-state index in [1.165, 1.54) is 22.5 Å². The standard InChI is InChI=1S/C21H22N2O3S/c1-10-4-5-15(8-11(10)2)18-12(3)27-21(22-18)23-19(24)16-13-6-7-14(9-13)17(16)20(25)26/h4-8,13-14,16-17H,9H2,1-3H3,(H,25,26)(H,22,23,24)/t13-,14-,16-,17-/m0/s1. The lowest BCUT2D eigenvalue weighted by molar-refractivity contribution is -0.146. The molecule has 4 rings (SSSR count). The van der Waals surface area contributed by atoms with Crippen molar-refractivity contribution in [3.63, 3.8) is 0 Å². The second kappa shape index (κ2) is 6.60. The third-order valence-corrected chi connectivity index (χ3v) is 6.74. The monoisotopic (exact) mass is 382 g/mol. The quantitative estimate of drug-likeness (QED) is 0.777. The van der Waals surface area contributed by atoms with Crippen LogP contribution < -0.4 is 5.32 Å². The first-order chi connectivity index (χ1) is 12.8. The molecule has 2 bridgehead atoms. The van der Waals surface area contributed by atoms with Crippen molar-refractivity contribution in [2.45, 2.75) is 27.2 Å². The minimum absolute atomic E-state index is 0.0105. The molecule has 2 aliphatic carbocycles. The number of rotatable bonds is 4. The predicted octanol–water partition coefficient (Wildman–Crippen LogP) is 4.20. The summed E-state index contributed by atoms with van der Waals surface area (Å²) in [6, 6.07) is 6.21. The van der Waals surface area contributed by atoms with Gasteiger partial charge in [-0.25, -0.2) is 4.98 Å². The molecule has 5 nitrogen and oxygen atoms in total. The molecule has 140 valence electrons. The van der Waals surface area contributed by atoms with Crippen molar-refractivity contribution in [2.75, 3.05) is 5.32 Å². The number of allylic oxidation sites excluding steroid dienone is 2. The number of hydrogen-bond donors (Lipinski definition) is 2. The first kappa shape index (κ1) is 17.9. The summed E-state index contributed by atoms with van der Waals surface area (Å²) in [4.78, 5) is 30.1. The maximum Gasteiger partial charge on any atom is 0.307 e. The number of carbonyl (C=O) groups excluding carboxylic acids is 1. The highest BCUT2D eigenvalue weighted by Crippen LogP contribution is 2.48. The Labute approximate surface area is 162 Å². The van der Waals surface area contributed by atoms with Crippen LogP contribution in [0.4, 0.5) is 5.13 Å². The summed E-state index contributed by atoms with van der Waals surface area (Å²) in [5.41, 5.74) is 4.31. The molecule has 4 atom stereocenters. The van der Waals surface area contributed by atoms with Gasteiger partial charge in [0.05, 0.1) is 17.5 Å². The number of amides is 1. The third kappa shape index (κ3) is 3.08. The van der Waals surface area contributed by atoms with E-state index in [4.69, 9.17) is 0 Å². The summed E-state index contributed by atoms with van der Waals surface area (Å²) in [6.45, 7) is 6.12. The number of benzene rings is 1. The number of thiazole rings is 1. The fraction of sp³-hybridized carbons (Fsp3) is 0.381. The van der Waals surface area contributed by atoms with E-state index in [9.17, 15) is 14.7 Å². The molecule has 1 heterocycles. The van der Waals surface area contributed by atoms with Crippen molar-refractivity contribution in [1.82, 2.24) is 4.98 Å². The molecule has 0 radical (unpaired) electrons. The number of anilines is 1. The van der Waals surface area contributed by atoms with Gasteiger partial charge in [0, 0.05) is 10.4 Å². The summed E-state index contributed by atoms with van der Waals surface area (Å²) >= 11 is 1.43. The summed E-state index contributed by atoms with van der Waals surface area (Å²) < 4.78 is 0. The number of nitrogens with one attached hydrogen (secondary N) is 1. The average molecular weight is 382 g/mol. The molecule has 6 heteroatoms. The topological polar surface area (TPSA) is 79.3 Å². The largest absolute Gasteiger partial charge is 0.481 e. The summed E-state index contributed by atoms with van der Waals surface area (Å²) in [5.74, 6) is -2.31. The van der Waals surface area contributed by atoms with Gasteiger partial charge >= 0.3 is 5.97 Å². The van der Waals surface area contributed by atoms with E-state index in [1.54, 1.807) is 0 Å². The minimum atomic E-state index is -0.891. The fourth-order valence-electron chi connectivity index (χ4n) is 4.31. The van der Waals surface area contributed by atoms with Crippen LogP contribution in [0.25, 0.3) is 11.3 Å². The Kier molecular flexibility index (Phi) is 4.38. The number of hydrogen-bond acceptors (Lipinski definition) is 4. The SMILES string of the molecule is Cc1ccc(-c2nc(NC(=O)[C@@H]3[C@@H](C(=O)O)[C@H]4C=C[C@H]3C4)sc2C)cc1C. The van der Waals surface area contributed by atoms with Gasteiger partial charge in [-0.05, 0) is 56.2 Å². The van der Waals surface area contributed by atoms with Crippen LogP contribution in [0.2, 0.25) is 0 Å². The average Bonchev–Trinajstić information content (AvgIpc) is 3.31. The molecule has 2 N–H and O–H groups in total. The van der Waals surface area contributed by atoms with Crippen LogP contribution in [0.1, 0.15) is 22.4 Å². The van der Waals surface area contributed by atoms with Crippen LogP contribution in [-0.4, -0.2) is 22.0 Å². The molecule has 2 aromatic rings. The Morgan fingerprint density at radius 2 is 1.81 bits per heavy atom. The van der Waals surface area contributed by atoms with Crippen LogP contribution in [0.3, 0.4) is 0 Å². The molecule has 0 unspecified atom stereocenters. The first-order valence-electron chi connectivity index (χ1n) is 9.12. The predicted molar refractivity (Wildman–Crippen MR) is 106 cm³/mol. The van der Waals surface area contributed by atoms with Gasteiger partial charge in [-0.2, -0.15) is 0 Å². The molecule has 1 saturated carbocycles. The number of aryl methyl sites for hydroxylation is 3. The van der Waals surface area contributed by atoms with Gasteiger partial charge in [-0.3, -0.25) is 9.59 Å². The van der Waals surface area contributed by atoms with Gasteiger partial charge < -0.3 is 10.4 Å². The molecule has 2 aliphatic rings. The number of aromatic nitrogens is 1. The van der Waals surface area contributed by atoms with Gasteiger partial charge in [0.15, 0.2) is 5.13 Å². The fourth-order valence-corrected chi connectivity index (χ4v) is 5.15. The van der Waals surface area contributed by atoms with E-state index in [0.29, 0.717) is 5.13 Å². The zero-order chi connectivity index (χ0) is 19.3. The second-order valence-electron chi connectivity index (χ2n) is 7.55. The third-order valence-electron chi connectivity index (χ3n) is 5.85. The van der Waals surface area contributed by atoms with E-state index in [2.05, 4.69) is 36.3 Å². The number of carbonyl (C=O) groups is 2. The van der Waals surface area contributed by atoms with Gasteiger partial charge in [0.2, 0.25) is 5.91 Å². The van der Waals surface area contributed by atoms with Crippen LogP contribution >= 0.6 is 11.3 Å². The highest BCUT2D eigenvalue weighted by Gasteiger charge is 2.51. The number of nitrogens with zero attached hydrogens (tertiary/aromatic N) is 1. The van der Waals surface area contributed by atoms with E-state index in [0.717, 1.165) is 22.6 Å². The molecular formula is C21H22N2O3S. The molecule has 27 heavy (non-hydrogen) atoms. The molecule has 1 fully saturated rings. The first-order valence-corrected chi connectivity index (χ1v) is 9.94. The van der Waals surface area contributed by atoms with Gasteiger partial charge in [0.1, 0.15) is 0 Å². The van der Waals surface area contributed by atoms with Crippen molar-refractivity contribution in [1.29, 1.82) is 0 Å². The highest BCUT2D eigenvalue weighted by atomic mass is 32.1. The zero-order valence-electron chi connectivity index (χ0n) is 15.5. The van der Waals surface area contributed by atoms with Crippen molar-refractivity contribution < 1.29 is 14.7 Å². The zero-order valence-corrected chi connectivity index (χ0v) is 16.3.